The minimum Gasteiger partial charge on any atom is -0.475 e. The van der Waals surface area contributed by atoms with Gasteiger partial charge >= 0.3 is 0 Å². The smallest absolute Gasteiger partial charge is 0.216 e. The van der Waals surface area contributed by atoms with Crippen molar-refractivity contribution in [1.82, 2.24) is 4.90 Å². The van der Waals surface area contributed by atoms with Crippen molar-refractivity contribution in [1.29, 1.82) is 0 Å². The summed E-state index contributed by atoms with van der Waals surface area (Å²) in [6, 6.07) is 18.6. The van der Waals surface area contributed by atoms with Gasteiger partial charge in [0, 0.05) is 25.2 Å². The molecule has 27 heavy (non-hydrogen) atoms. The van der Waals surface area contributed by atoms with Gasteiger partial charge in [-0.15, -0.1) is 0 Å². The van der Waals surface area contributed by atoms with Crippen LogP contribution >= 0.6 is 0 Å². The molecule has 0 bridgehead atoms. The first-order valence-corrected chi connectivity index (χ1v) is 9.76. The van der Waals surface area contributed by atoms with Gasteiger partial charge in [0.15, 0.2) is 0 Å². The summed E-state index contributed by atoms with van der Waals surface area (Å²) < 4.78 is 5.72. The topological polar surface area (TPSA) is 45.1 Å². The third kappa shape index (κ3) is 4.07. The molecule has 2 aliphatic rings. The van der Waals surface area contributed by atoms with E-state index < -0.39 is 5.60 Å². The number of likely N-dealkylation sites (tertiary alicyclic amines) is 1. The number of hydrogen-bond donors (Lipinski definition) is 1. The predicted octanol–water partition coefficient (Wildman–Crippen LogP) is 3.73. The fraction of sp³-hybridized carbons (Fsp3) is 0.435. The highest BCUT2D eigenvalue weighted by atomic mass is 16.5. The average molecular weight is 364 g/mol. The van der Waals surface area contributed by atoms with Crippen LogP contribution in [0.5, 0.6) is 0 Å². The zero-order valence-corrected chi connectivity index (χ0v) is 16.2. The van der Waals surface area contributed by atoms with Gasteiger partial charge < -0.3 is 9.84 Å². The Balaban J connectivity index is 1.40. The number of piperidine rings is 1. The van der Waals surface area contributed by atoms with Crippen molar-refractivity contribution in [2.75, 3.05) is 19.7 Å². The number of aliphatic hydroxyl groups is 1. The number of rotatable bonds is 4. The number of hydrogen-bond acceptors (Lipinski definition) is 4. The highest BCUT2D eigenvalue weighted by Gasteiger charge is 2.34. The molecular formula is C23H28N2O2. The van der Waals surface area contributed by atoms with Crippen molar-refractivity contribution in [2.24, 2.45) is 4.99 Å². The first-order chi connectivity index (χ1) is 12.9. The minimum absolute atomic E-state index is 0.155. The number of nitrogens with zero attached hydrogens (tertiary/aromatic N) is 2. The lowest BCUT2D eigenvalue weighted by molar-refractivity contribution is -0.0277. The molecule has 4 heteroatoms. The Kier molecular flexibility index (Phi) is 4.79. The van der Waals surface area contributed by atoms with E-state index >= 15 is 0 Å². The SMILES string of the molecule is CC1(C)COC(c2ccc(C3(O)CCN(Cc4ccccc4)CC3)cc2)=N1. The van der Waals surface area contributed by atoms with E-state index in [0.717, 1.165) is 43.6 Å². The van der Waals surface area contributed by atoms with Crippen LogP contribution in [0.2, 0.25) is 0 Å². The Morgan fingerprint density at radius 2 is 1.67 bits per heavy atom. The normalized spacial score (nSPS) is 21.5. The maximum atomic E-state index is 11.2. The molecule has 0 atom stereocenters. The molecule has 2 aliphatic heterocycles. The summed E-state index contributed by atoms with van der Waals surface area (Å²) >= 11 is 0. The van der Waals surface area contributed by atoms with E-state index in [4.69, 9.17) is 4.74 Å². The first-order valence-electron chi connectivity index (χ1n) is 9.76. The van der Waals surface area contributed by atoms with E-state index in [1.165, 1.54) is 5.56 Å². The Bertz CT molecular complexity index is 804. The molecular weight excluding hydrogens is 336 g/mol. The molecule has 1 fully saturated rings. The highest BCUT2D eigenvalue weighted by Crippen LogP contribution is 2.33. The molecule has 0 aliphatic carbocycles. The van der Waals surface area contributed by atoms with Crippen LogP contribution in [0.25, 0.3) is 0 Å². The summed E-state index contributed by atoms with van der Waals surface area (Å²) in [5.74, 6) is 0.705. The minimum atomic E-state index is -0.747. The molecule has 0 aromatic heterocycles. The fourth-order valence-corrected chi connectivity index (χ4v) is 3.87. The number of aliphatic imine (C=N–C) groups is 1. The molecule has 4 rings (SSSR count). The molecule has 0 unspecified atom stereocenters. The van der Waals surface area contributed by atoms with Gasteiger partial charge in [-0.25, -0.2) is 4.99 Å². The standard InChI is InChI=1S/C23H28N2O2/c1-22(2)17-27-21(24-22)19-8-10-20(11-9-19)23(26)12-14-25(15-13-23)16-18-6-4-3-5-7-18/h3-11,26H,12-17H2,1-2H3. The zero-order valence-electron chi connectivity index (χ0n) is 16.2. The first kappa shape index (κ1) is 18.2. The molecule has 2 heterocycles. The molecule has 2 aromatic rings. The second-order valence-corrected chi connectivity index (χ2v) is 8.39. The molecule has 1 N–H and O–H groups in total. The van der Waals surface area contributed by atoms with Gasteiger partial charge in [0.2, 0.25) is 5.90 Å². The predicted molar refractivity (Wildman–Crippen MR) is 108 cm³/mol. The summed E-state index contributed by atoms with van der Waals surface area (Å²) in [4.78, 5) is 7.04. The van der Waals surface area contributed by atoms with E-state index in [1.807, 2.05) is 30.3 Å². The van der Waals surface area contributed by atoms with Crippen LogP contribution in [0, 0.1) is 0 Å². The van der Waals surface area contributed by atoms with E-state index in [2.05, 4.69) is 48.0 Å². The Morgan fingerprint density at radius 3 is 2.26 bits per heavy atom. The zero-order chi connectivity index (χ0) is 18.9. The molecule has 0 amide bonds. The van der Waals surface area contributed by atoms with Gasteiger partial charge in [-0.05, 0) is 49.9 Å². The second-order valence-electron chi connectivity index (χ2n) is 8.39. The lowest BCUT2D eigenvalue weighted by atomic mass is 9.84. The number of ether oxygens (including phenoxy) is 1. The van der Waals surface area contributed by atoms with Gasteiger partial charge in [-0.3, -0.25) is 4.90 Å². The van der Waals surface area contributed by atoms with Crippen LogP contribution < -0.4 is 0 Å². The molecule has 0 saturated carbocycles. The van der Waals surface area contributed by atoms with Gasteiger partial charge in [-0.1, -0.05) is 42.5 Å². The third-order valence-corrected chi connectivity index (χ3v) is 5.57. The Hall–Kier alpha value is -2.17. The molecule has 142 valence electrons. The van der Waals surface area contributed by atoms with Crippen LogP contribution in [0.3, 0.4) is 0 Å². The molecule has 4 nitrogen and oxygen atoms in total. The quantitative estimate of drug-likeness (QED) is 0.899. The summed E-state index contributed by atoms with van der Waals surface area (Å²) in [5, 5.41) is 11.2. The van der Waals surface area contributed by atoms with Crippen LogP contribution in [0.1, 0.15) is 43.4 Å². The summed E-state index contributed by atoms with van der Waals surface area (Å²) in [6.07, 6.45) is 1.51. The lowest BCUT2D eigenvalue weighted by Crippen LogP contribution is -2.42. The average Bonchev–Trinajstić information content (AvgIpc) is 3.05. The summed E-state index contributed by atoms with van der Waals surface area (Å²) in [7, 11) is 0. The number of benzene rings is 2. The van der Waals surface area contributed by atoms with E-state index in [9.17, 15) is 5.11 Å². The van der Waals surface area contributed by atoms with Crippen LogP contribution in [-0.4, -0.2) is 41.1 Å². The van der Waals surface area contributed by atoms with E-state index in [1.54, 1.807) is 0 Å². The van der Waals surface area contributed by atoms with Crippen molar-refractivity contribution in [3.8, 4) is 0 Å². The van der Waals surface area contributed by atoms with E-state index in [-0.39, 0.29) is 5.54 Å². The summed E-state index contributed by atoms with van der Waals surface area (Å²) in [5.41, 5.74) is 2.40. The highest BCUT2D eigenvalue weighted by molar-refractivity contribution is 5.95. The Morgan fingerprint density at radius 1 is 1.00 bits per heavy atom. The van der Waals surface area contributed by atoms with Crippen molar-refractivity contribution in [3.63, 3.8) is 0 Å². The van der Waals surface area contributed by atoms with Gasteiger partial charge in [0.1, 0.15) is 6.61 Å². The summed E-state index contributed by atoms with van der Waals surface area (Å²) in [6.45, 7) is 7.50. The second kappa shape index (κ2) is 7.10. The molecule has 0 radical (unpaired) electrons. The fourth-order valence-electron chi connectivity index (χ4n) is 3.87. The Labute approximate surface area is 161 Å². The monoisotopic (exact) mass is 364 g/mol. The van der Waals surface area contributed by atoms with Gasteiger partial charge in [-0.2, -0.15) is 0 Å². The molecule has 0 spiro atoms. The van der Waals surface area contributed by atoms with Gasteiger partial charge in [0.25, 0.3) is 0 Å². The van der Waals surface area contributed by atoms with Crippen LogP contribution in [0.15, 0.2) is 59.6 Å². The molecule has 1 saturated heterocycles. The van der Waals surface area contributed by atoms with Gasteiger partial charge in [0.05, 0.1) is 11.1 Å². The lowest BCUT2D eigenvalue weighted by Gasteiger charge is -2.38. The van der Waals surface area contributed by atoms with E-state index in [0.29, 0.717) is 12.5 Å². The van der Waals surface area contributed by atoms with Crippen molar-refractivity contribution in [2.45, 2.75) is 44.4 Å². The largest absolute Gasteiger partial charge is 0.475 e. The van der Waals surface area contributed by atoms with Crippen LogP contribution in [-0.2, 0) is 16.9 Å². The van der Waals surface area contributed by atoms with Crippen molar-refractivity contribution < 1.29 is 9.84 Å². The van der Waals surface area contributed by atoms with Crippen LogP contribution in [0.4, 0.5) is 0 Å². The van der Waals surface area contributed by atoms with Crippen molar-refractivity contribution in [3.05, 3.63) is 71.3 Å². The maximum absolute atomic E-state index is 11.2. The maximum Gasteiger partial charge on any atom is 0.216 e. The van der Waals surface area contributed by atoms with Crippen molar-refractivity contribution >= 4 is 5.90 Å². The third-order valence-electron chi connectivity index (χ3n) is 5.57. The molecule has 2 aromatic carbocycles.